The third-order valence-corrected chi connectivity index (χ3v) is 4.05. The Kier molecular flexibility index (Phi) is 3.29. The molecule has 0 radical (unpaired) electrons. The Labute approximate surface area is 113 Å². The fourth-order valence-electron chi connectivity index (χ4n) is 2.79. The predicted octanol–water partition coefficient (Wildman–Crippen LogP) is 1.48. The highest BCUT2D eigenvalue weighted by atomic mass is 16.5. The van der Waals surface area contributed by atoms with Gasteiger partial charge in [0.15, 0.2) is 0 Å². The standard InChI is InChI=1S/C15H20N2O2/c1-15(5-2-6-19-15)14(18)17-8-11-3-4-12-9-16-10-13(12)7-11/h3-4,7,16H,2,5-6,8-10H2,1H3,(H,17,18). The molecule has 19 heavy (non-hydrogen) atoms. The quantitative estimate of drug-likeness (QED) is 0.865. The molecule has 2 aliphatic rings. The minimum Gasteiger partial charge on any atom is -0.365 e. The summed E-state index contributed by atoms with van der Waals surface area (Å²) in [7, 11) is 0. The molecule has 1 unspecified atom stereocenters. The van der Waals surface area contributed by atoms with E-state index in [1.165, 1.54) is 11.1 Å². The maximum absolute atomic E-state index is 12.1. The lowest BCUT2D eigenvalue weighted by Crippen LogP contribution is -2.43. The number of rotatable bonds is 3. The maximum atomic E-state index is 12.1. The van der Waals surface area contributed by atoms with Gasteiger partial charge in [-0.3, -0.25) is 4.79 Å². The van der Waals surface area contributed by atoms with Gasteiger partial charge in [0, 0.05) is 26.2 Å². The topological polar surface area (TPSA) is 50.4 Å². The first-order valence-corrected chi connectivity index (χ1v) is 6.91. The number of benzene rings is 1. The molecule has 4 heteroatoms. The van der Waals surface area contributed by atoms with Crippen molar-refractivity contribution in [2.24, 2.45) is 0 Å². The van der Waals surface area contributed by atoms with E-state index in [4.69, 9.17) is 4.74 Å². The smallest absolute Gasteiger partial charge is 0.252 e. The minimum atomic E-state index is -0.627. The Morgan fingerprint density at radius 1 is 1.42 bits per heavy atom. The van der Waals surface area contributed by atoms with Crippen LogP contribution in [0.15, 0.2) is 18.2 Å². The van der Waals surface area contributed by atoms with Crippen molar-refractivity contribution in [1.82, 2.24) is 10.6 Å². The summed E-state index contributed by atoms with van der Waals surface area (Å²) >= 11 is 0. The maximum Gasteiger partial charge on any atom is 0.252 e. The summed E-state index contributed by atoms with van der Waals surface area (Å²) < 4.78 is 5.54. The molecule has 2 aliphatic heterocycles. The SMILES string of the molecule is CC1(C(=O)NCc2ccc3c(c2)CNC3)CCCO1. The molecule has 0 spiro atoms. The van der Waals surface area contributed by atoms with Crippen LogP contribution in [0.25, 0.3) is 0 Å². The zero-order chi connectivity index (χ0) is 13.3. The Hall–Kier alpha value is -1.39. The number of fused-ring (bicyclic) bond motifs is 1. The van der Waals surface area contributed by atoms with Gasteiger partial charge in [-0.1, -0.05) is 18.2 Å². The van der Waals surface area contributed by atoms with Crippen molar-refractivity contribution in [3.63, 3.8) is 0 Å². The van der Waals surface area contributed by atoms with Gasteiger partial charge in [0.25, 0.3) is 5.91 Å². The van der Waals surface area contributed by atoms with Crippen LogP contribution in [0.4, 0.5) is 0 Å². The second-order valence-corrected chi connectivity index (χ2v) is 5.57. The van der Waals surface area contributed by atoms with Crippen molar-refractivity contribution >= 4 is 5.91 Å². The van der Waals surface area contributed by atoms with E-state index in [1.54, 1.807) is 0 Å². The first kappa shape index (κ1) is 12.6. The second-order valence-electron chi connectivity index (χ2n) is 5.57. The fourth-order valence-corrected chi connectivity index (χ4v) is 2.79. The van der Waals surface area contributed by atoms with Gasteiger partial charge in [0.1, 0.15) is 5.60 Å². The largest absolute Gasteiger partial charge is 0.365 e. The number of ether oxygens (including phenoxy) is 1. The third kappa shape index (κ3) is 2.51. The van der Waals surface area contributed by atoms with Crippen molar-refractivity contribution in [3.8, 4) is 0 Å². The van der Waals surface area contributed by atoms with Crippen LogP contribution in [0.5, 0.6) is 0 Å². The number of carbonyl (C=O) groups is 1. The van der Waals surface area contributed by atoms with E-state index in [9.17, 15) is 4.79 Å². The molecule has 0 aromatic heterocycles. The summed E-state index contributed by atoms with van der Waals surface area (Å²) in [6.07, 6.45) is 1.78. The van der Waals surface area contributed by atoms with Crippen LogP contribution >= 0.6 is 0 Å². The Morgan fingerprint density at radius 3 is 3.05 bits per heavy atom. The van der Waals surface area contributed by atoms with Crippen LogP contribution < -0.4 is 10.6 Å². The van der Waals surface area contributed by atoms with E-state index in [0.29, 0.717) is 13.2 Å². The van der Waals surface area contributed by atoms with Crippen LogP contribution in [0, 0.1) is 0 Å². The normalized spacial score (nSPS) is 25.3. The van der Waals surface area contributed by atoms with Gasteiger partial charge in [-0.2, -0.15) is 0 Å². The molecule has 1 atom stereocenters. The predicted molar refractivity (Wildman–Crippen MR) is 72.4 cm³/mol. The van der Waals surface area contributed by atoms with Gasteiger partial charge in [0.05, 0.1) is 0 Å². The summed E-state index contributed by atoms with van der Waals surface area (Å²) in [6, 6.07) is 6.40. The summed E-state index contributed by atoms with van der Waals surface area (Å²) in [5.41, 5.74) is 3.23. The van der Waals surface area contributed by atoms with Crippen molar-refractivity contribution < 1.29 is 9.53 Å². The molecule has 102 valence electrons. The zero-order valence-corrected chi connectivity index (χ0v) is 11.3. The van der Waals surface area contributed by atoms with E-state index in [2.05, 4.69) is 28.8 Å². The van der Waals surface area contributed by atoms with Crippen LogP contribution in [-0.4, -0.2) is 18.1 Å². The molecule has 1 aromatic carbocycles. The fraction of sp³-hybridized carbons (Fsp3) is 0.533. The molecule has 0 aliphatic carbocycles. The van der Waals surface area contributed by atoms with Crippen LogP contribution in [0.1, 0.15) is 36.5 Å². The highest BCUT2D eigenvalue weighted by Crippen LogP contribution is 2.25. The van der Waals surface area contributed by atoms with Gasteiger partial charge in [-0.05, 0) is 36.5 Å². The van der Waals surface area contributed by atoms with E-state index in [0.717, 1.165) is 31.5 Å². The molecule has 2 heterocycles. The first-order chi connectivity index (χ1) is 9.17. The average molecular weight is 260 g/mol. The molecule has 4 nitrogen and oxygen atoms in total. The summed E-state index contributed by atoms with van der Waals surface area (Å²) in [4.78, 5) is 12.1. The average Bonchev–Trinajstić information content (AvgIpc) is 3.04. The lowest BCUT2D eigenvalue weighted by molar-refractivity contribution is -0.139. The molecule has 0 saturated carbocycles. The lowest BCUT2D eigenvalue weighted by atomic mass is 10.0. The van der Waals surface area contributed by atoms with Crippen molar-refractivity contribution in [1.29, 1.82) is 0 Å². The molecular weight excluding hydrogens is 240 g/mol. The van der Waals surface area contributed by atoms with Crippen molar-refractivity contribution in [3.05, 3.63) is 34.9 Å². The van der Waals surface area contributed by atoms with Crippen molar-refractivity contribution in [2.45, 2.75) is 45.0 Å². The number of nitrogens with one attached hydrogen (secondary N) is 2. The van der Waals surface area contributed by atoms with Crippen LogP contribution in [0.3, 0.4) is 0 Å². The van der Waals surface area contributed by atoms with E-state index >= 15 is 0 Å². The van der Waals surface area contributed by atoms with Crippen LogP contribution in [0.2, 0.25) is 0 Å². The van der Waals surface area contributed by atoms with E-state index < -0.39 is 5.60 Å². The Bertz CT molecular complexity index is 493. The van der Waals surface area contributed by atoms with Gasteiger partial charge in [-0.15, -0.1) is 0 Å². The first-order valence-electron chi connectivity index (χ1n) is 6.91. The summed E-state index contributed by atoms with van der Waals surface area (Å²) in [6.45, 7) is 5.02. The number of hydrogen-bond donors (Lipinski definition) is 2. The Balaban J connectivity index is 1.61. The second kappa shape index (κ2) is 4.94. The van der Waals surface area contributed by atoms with Crippen LogP contribution in [-0.2, 0) is 29.2 Å². The molecule has 1 fully saturated rings. The summed E-state index contributed by atoms with van der Waals surface area (Å²) in [5, 5.41) is 6.31. The molecule has 2 N–H and O–H groups in total. The molecular formula is C15H20N2O2. The number of amides is 1. The molecule has 1 amide bonds. The van der Waals surface area contributed by atoms with Gasteiger partial charge < -0.3 is 15.4 Å². The monoisotopic (exact) mass is 260 g/mol. The Morgan fingerprint density at radius 2 is 2.26 bits per heavy atom. The summed E-state index contributed by atoms with van der Waals surface area (Å²) in [5.74, 6) is 0.00336. The highest BCUT2D eigenvalue weighted by molar-refractivity contribution is 5.84. The molecule has 1 aromatic rings. The van der Waals surface area contributed by atoms with Gasteiger partial charge >= 0.3 is 0 Å². The highest BCUT2D eigenvalue weighted by Gasteiger charge is 2.37. The van der Waals surface area contributed by atoms with E-state index in [-0.39, 0.29) is 5.91 Å². The zero-order valence-electron chi connectivity index (χ0n) is 11.3. The van der Waals surface area contributed by atoms with Gasteiger partial charge in [0.2, 0.25) is 0 Å². The van der Waals surface area contributed by atoms with Gasteiger partial charge in [-0.25, -0.2) is 0 Å². The minimum absolute atomic E-state index is 0.00336. The van der Waals surface area contributed by atoms with Crippen molar-refractivity contribution in [2.75, 3.05) is 6.61 Å². The van der Waals surface area contributed by atoms with E-state index in [1.807, 2.05) is 6.92 Å². The lowest BCUT2D eigenvalue weighted by Gasteiger charge is -2.22. The third-order valence-electron chi connectivity index (χ3n) is 4.05. The molecule has 3 rings (SSSR count). The molecule has 0 bridgehead atoms. The molecule has 1 saturated heterocycles. The number of carbonyl (C=O) groups excluding carboxylic acids is 1. The number of hydrogen-bond acceptors (Lipinski definition) is 3.